The second-order valence-electron chi connectivity index (χ2n) is 4.54. The summed E-state index contributed by atoms with van der Waals surface area (Å²) in [5, 5.41) is 0. The molecular weight excluding hydrogens is 469 g/mol. The van der Waals surface area contributed by atoms with Crippen molar-refractivity contribution >= 4 is 5.78 Å². The minimum Gasteiger partial charge on any atom is -0.358 e. The summed E-state index contributed by atoms with van der Waals surface area (Å²) in [6.07, 6.45) is 1.53. The summed E-state index contributed by atoms with van der Waals surface area (Å²) in [6, 6.07) is 19.6. The summed E-state index contributed by atoms with van der Waals surface area (Å²) < 4.78 is 12.9. The van der Waals surface area contributed by atoms with Crippen LogP contribution in [-0.4, -0.2) is 10.8 Å². The van der Waals surface area contributed by atoms with Crippen molar-refractivity contribution in [2.24, 2.45) is 0 Å². The predicted octanol–water partition coefficient (Wildman–Crippen LogP) is 4.37. The summed E-state index contributed by atoms with van der Waals surface area (Å²) in [5.41, 5.74) is 2.54. The molecule has 119 valence electrons. The smallest absolute Gasteiger partial charge is 0.194 e. The first kappa shape index (κ1) is 18.9. The van der Waals surface area contributed by atoms with Crippen LogP contribution in [0.15, 0.2) is 66.9 Å². The number of pyridine rings is 1. The molecule has 1 aromatic heterocycles. The van der Waals surface area contributed by atoms with Crippen LogP contribution in [0.2, 0.25) is 0 Å². The number of benzene rings is 2. The Morgan fingerprint density at radius 2 is 1.65 bits per heavy atom. The van der Waals surface area contributed by atoms with E-state index in [0.29, 0.717) is 11.1 Å². The molecule has 3 aromatic rings. The number of carbonyl (C=O) groups excluding carboxylic acids is 1. The minimum atomic E-state index is -0.361. The Morgan fingerprint density at radius 1 is 0.957 bits per heavy atom. The van der Waals surface area contributed by atoms with Gasteiger partial charge in [0.2, 0.25) is 0 Å². The number of carbonyl (C=O) groups is 1. The summed E-state index contributed by atoms with van der Waals surface area (Å²) in [4.78, 5) is 16.5. The molecule has 0 atom stereocenters. The summed E-state index contributed by atoms with van der Waals surface area (Å²) >= 11 is 0. The van der Waals surface area contributed by atoms with E-state index in [0.717, 1.165) is 11.3 Å². The molecule has 1 radical (unpaired) electrons. The molecule has 0 saturated carbocycles. The van der Waals surface area contributed by atoms with Crippen molar-refractivity contribution in [3.05, 3.63) is 97.3 Å². The Morgan fingerprint density at radius 3 is 2.22 bits per heavy atom. The van der Waals surface area contributed by atoms with Gasteiger partial charge in [-0.1, -0.05) is 12.1 Å². The zero-order chi connectivity index (χ0) is 14.7. The second kappa shape index (κ2) is 8.47. The van der Waals surface area contributed by atoms with Crippen LogP contribution in [-0.2, 0) is 20.1 Å². The normalized spacial score (nSPS) is 9.43. The Kier molecular flexibility index (Phi) is 6.95. The Hall–Kier alpha value is -2.16. The topological polar surface area (TPSA) is 30.0 Å². The van der Waals surface area contributed by atoms with Crippen molar-refractivity contribution in [3.63, 3.8) is 0 Å². The van der Waals surface area contributed by atoms with Crippen LogP contribution in [0.1, 0.15) is 15.9 Å². The first-order valence-corrected chi connectivity index (χ1v) is 6.47. The average Bonchev–Trinajstić information content (AvgIpc) is 2.56. The zero-order valence-corrected chi connectivity index (χ0v) is 14.8. The van der Waals surface area contributed by atoms with Gasteiger partial charge in [0.15, 0.2) is 5.78 Å². The number of hydrogen-bond acceptors (Lipinski definition) is 2. The Labute approximate surface area is 148 Å². The summed E-state index contributed by atoms with van der Waals surface area (Å²) in [6.45, 7) is 0. The van der Waals surface area contributed by atoms with E-state index >= 15 is 0 Å². The van der Waals surface area contributed by atoms with Gasteiger partial charge >= 0.3 is 0 Å². The largest absolute Gasteiger partial charge is 0.358 e. The van der Waals surface area contributed by atoms with E-state index in [-0.39, 0.29) is 39.1 Å². The van der Waals surface area contributed by atoms with E-state index in [1.807, 2.05) is 24.3 Å². The van der Waals surface area contributed by atoms with Gasteiger partial charge < -0.3 is 12.4 Å². The molecule has 0 bridgehead atoms. The van der Waals surface area contributed by atoms with E-state index in [1.54, 1.807) is 12.1 Å². The SMILES string of the molecule is O=C(c1ccc(F)cc1)c1ccc(-c2[c-]cccc2)nc1.[CH3-].[Ir]. The van der Waals surface area contributed by atoms with E-state index in [2.05, 4.69) is 11.1 Å². The molecule has 0 N–H and O–H groups in total. The van der Waals surface area contributed by atoms with E-state index in [9.17, 15) is 9.18 Å². The van der Waals surface area contributed by atoms with Gasteiger partial charge in [-0.3, -0.25) is 4.79 Å². The van der Waals surface area contributed by atoms with Crippen molar-refractivity contribution in [1.82, 2.24) is 4.98 Å². The van der Waals surface area contributed by atoms with E-state index in [4.69, 9.17) is 0 Å². The predicted molar refractivity (Wildman–Crippen MR) is 84.8 cm³/mol. The molecule has 0 spiro atoms. The molecule has 23 heavy (non-hydrogen) atoms. The molecule has 2 nitrogen and oxygen atoms in total. The number of aromatic nitrogens is 1. The minimum absolute atomic E-state index is 0. The molecule has 0 fully saturated rings. The molecule has 0 aliphatic heterocycles. The fourth-order valence-corrected chi connectivity index (χ4v) is 2.01. The molecule has 0 aliphatic carbocycles. The standard InChI is InChI=1S/C18H11FNO.CH3.Ir/c19-16-9-6-14(7-10-16)18(21)15-8-11-17(20-12-15)13-4-2-1-3-5-13;;/h1-4,6-12H;1H3;/q2*-1;. The van der Waals surface area contributed by atoms with Crippen molar-refractivity contribution in [3.8, 4) is 11.3 Å². The maximum absolute atomic E-state index is 12.9. The van der Waals surface area contributed by atoms with Gasteiger partial charge in [0.1, 0.15) is 5.82 Å². The second-order valence-corrected chi connectivity index (χ2v) is 4.54. The molecule has 0 aliphatic rings. The fourth-order valence-electron chi connectivity index (χ4n) is 2.01. The number of rotatable bonds is 3. The number of halogens is 1. The van der Waals surface area contributed by atoms with Gasteiger partial charge in [0, 0.05) is 37.4 Å². The van der Waals surface area contributed by atoms with Gasteiger partial charge in [-0.25, -0.2) is 4.39 Å². The van der Waals surface area contributed by atoms with E-state index in [1.165, 1.54) is 30.5 Å². The Balaban J connectivity index is 0.00000132. The van der Waals surface area contributed by atoms with Gasteiger partial charge in [-0.2, -0.15) is 0 Å². The van der Waals surface area contributed by atoms with Crippen LogP contribution >= 0.6 is 0 Å². The number of nitrogens with zero attached hydrogens (tertiary/aromatic N) is 1. The van der Waals surface area contributed by atoms with Crippen molar-refractivity contribution in [1.29, 1.82) is 0 Å². The van der Waals surface area contributed by atoms with E-state index < -0.39 is 0 Å². The molecule has 4 heteroatoms. The monoisotopic (exact) mass is 484 g/mol. The Bertz CT molecular complexity index is 756. The molecular formula is C19H14FIrNO-2. The quantitative estimate of drug-likeness (QED) is 0.409. The summed E-state index contributed by atoms with van der Waals surface area (Å²) in [7, 11) is 0. The molecule has 2 aromatic carbocycles. The third-order valence-corrected chi connectivity index (χ3v) is 3.12. The number of ketones is 1. The van der Waals surface area contributed by atoms with Gasteiger partial charge in [-0.15, -0.1) is 35.9 Å². The van der Waals surface area contributed by atoms with Crippen LogP contribution in [0.25, 0.3) is 11.3 Å². The molecule has 1 heterocycles. The van der Waals surface area contributed by atoms with Crippen LogP contribution in [0.3, 0.4) is 0 Å². The molecule has 0 unspecified atom stereocenters. The van der Waals surface area contributed by atoms with Crippen LogP contribution in [0, 0.1) is 19.3 Å². The van der Waals surface area contributed by atoms with Crippen LogP contribution < -0.4 is 0 Å². The van der Waals surface area contributed by atoms with Gasteiger partial charge in [0.25, 0.3) is 0 Å². The third kappa shape index (κ3) is 4.41. The molecule has 3 rings (SSSR count). The summed E-state index contributed by atoms with van der Waals surface area (Å²) in [5.74, 6) is -0.536. The van der Waals surface area contributed by atoms with Crippen molar-refractivity contribution in [2.45, 2.75) is 0 Å². The number of hydrogen-bond donors (Lipinski definition) is 0. The van der Waals surface area contributed by atoms with Crippen LogP contribution in [0.5, 0.6) is 0 Å². The maximum Gasteiger partial charge on any atom is 0.194 e. The van der Waals surface area contributed by atoms with Crippen LogP contribution in [0.4, 0.5) is 4.39 Å². The maximum atomic E-state index is 12.9. The van der Waals surface area contributed by atoms with Crippen molar-refractivity contribution in [2.75, 3.05) is 0 Å². The fraction of sp³-hybridized carbons (Fsp3) is 0. The third-order valence-electron chi connectivity index (χ3n) is 3.12. The van der Waals surface area contributed by atoms with Crippen molar-refractivity contribution < 1.29 is 29.3 Å². The van der Waals surface area contributed by atoms with Gasteiger partial charge in [-0.05, 0) is 30.0 Å². The molecule has 0 amide bonds. The molecule has 0 saturated heterocycles. The first-order valence-electron chi connectivity index (χ1n) is 6.47. The zero-order valence-electron chi connectivity index (χ0n) is 12.4. The first-order chi connectivity index (χ1) is 10.2. The average molecular weight is 484 g/mol. The van der Waals surface area contributed by atoms with Gasteiger partial charge in [0.05, 0.1) is 0 Å².